The van der Waals surface area contributed by atoms with Crippen molar-refractivity contribution in [1.29, 1.82) is 0 Å². The van der Waals surface area contributed by atoms with E-state index >= 15 is 0 Å². The van der Waals surface area contributed by atoms with Crippen LogP contribution in [0.25, 0.3) is 0 Å². The van der Waals surface area contributed by atoms with Crippen LogP contribution in [0.4, 0.5) is 11.4 Å². The summed E-state index contributed by atoms with van der Waals surface area (Å²) in [5, 5.41) is -0.809. The molecule has 1 atom stereocenters. The van der Waals surface area contributed by atoms with Crippen LogP contribution >= 0.6 is 0 Å². The summed E-state index contributed by atoms with van der Waals surface area (Å²) in [5.41, 5.74) is 2.86. The van der Waals surface area contributed by atoms with E-state index in [9.17, 15) is 18.0 Å². The van der Waals surface area contributed by atoms with Gasteiger partial charge in [-0.05, 0) is 62.1 Å². The van der Waals surface area contributed by atoms with E-state index in [1.807, 2.05) is 18.2 Å². The largest absolute Gasteiger partial charge is 0.368 e. The molecule has 180 valence electrons. The lowest BCUT2D eigenvalue weighted by molar-refractivity contribution is -0.131. The van der Waals surface area contributed by atoms with Crippen LogP contribution in [0.1, 0.15) is 31.7 Å². The molecule has 1 saturated heterocycles. The molecular formula is C26H31N3O4S. The Labute approximate surface area is 201 Å². The van der Waals surface area contributed by atoms with Crippen molar-refractivity contribution in [2.45, 2.75) is 42.8 Å². The second kappa shape index (κ2) is 9.06. The molecular weight excluding hydrogens is 450 g/mol. The highest BCUT2D eigenvalue weighted by Gasteiger charge is 2.37. The van der Waals surface area contributed by atoms with Crippen LogP contribution in [-0.4, -0.2) is 63.1 Å². The Balaban J connectivity index is 1.21. The standard InChI is InChI=1S/C26H31N3O4S/c1-19(17-25(30)28-15-13-27(14-16-28)22-5-3-2-4-6-22)34(32,33)23-9-10-24-21(18-23)11-12-29(24)26(31)20-7-8-20/h2-6,9-10,18-20H,7-8,11-17H2,1H3/t19-/m1/s1. The smallest absolute Gasteiger partial charge is 0.230 e. The third-order valence-electron chi connectivity index (χ3n) is 7.21. The van der Waals surface area contributed by atoms with Crippen LogP contribution in [0.5, 0.6) is 0 Å². The first-order valence-corrected chi connectivity index (χ1v) is 13.6. The highest BCUT2D eigenvalue weighted by molar-refractivity contribution is 7.92. The molecule has 2 amide bonds. The molecule has 5 rings (SSSR count). The third-order valence-corrected chi connectivity index (χ3v) is 9.35. The van der Waals surface area contributed by atoms with Gasteiger partial charge in [0.2, 0.25) is 11.8 Å². The molecule has 8 heteroatoms. The van der Waals surface area contributed by atoms with Crippen molar-refractivity contribution in [2.24, 2.45) is 5.92 Å². The minimum absolute atomic E-state index is 0.0307. The summed E-state index contributed by atoms with van der Waals surface area (Å²) >= 11 is 0. The molecule has 34 heavy (non-hydrogen) atoms. The van der Waals surface area contributed by atoms with Crippen LogP contribution < -0.4 is 9.80 Å². The number of anilines is 2. The molecule has 7 nitrogen and oxygen atoms in total. The number of carbonyl (C=O) groups excluding carboxylic acids is 2. The molecule has 2 aromatic carbocycles. The van der Waals surface area contributed by atoms with Gasteiger partial charge in [0.25, 0.3) is 0 Å². The van der Waals surface area contributed by atoms with Crippen LogP contribution in [0, 0.1) is 5.92 Å². The maximum atomic E-state index is 13.3. The van der Waals surface area contributed by atoms with E-state index in [2.05, 4.69) is 17.0 Å². The number of carbonyl (C=O) groups is 2. The van der Waals surface area contributed by atoms with E-state index in [4.69, 9.17) is 0 Å². The van der Waals surface area contributed by atoms with Crippen molar-refractivity contribution in [3.63, 3.8) is 0 Å². The van der Waals surface area contributed by atoms with Crippen molar-refractivity contribution < 1.29 is 18.0 Å². The maximum absolute atomic E-state index is 13.3. The molecule has 0 radical (unpaired) electrons. The van der Waals surface area contributed by atoms with Crippen LogP contribution in [0.2, 0.25) is 0 Å². The molecule has 0 aromatic heterocycles. The Morgan fingerprint density at radius 2 is 1.68 bits per heavy atom. The molecule has 2 heterocycles. The number of piperazine rings is 1. The predicted molar refractivity (Wildman–Crippen MR) is 132 cm³/mol. The first kappa shape index (κ1) is 22.9. The van der Waals surface area contributed by atoms with E-state index in [0.717, 1.165) is 42.9 Å². The Morgan fingerprint density at radius 3 is 2.35 bits per heavy atom. The highest BCUT2D eigenvalue weighted by Crippen LogP contribution is 2.37. The number of rotatable bonds is 6. The van der Waals surface area contributed by atoms with E-state index < -0.39 is 15.1 Å². The predicted octanol–water partition coefficient (Wildman–Crippen LogP) is 2.89. The summed E-state index contributed by atoms with van der Waals surface area (Å²) in [4.78, 5) is 31.4. The Hall–Kier alpha value is -2.87. The van der Waals surface area contributed by atoms with Gasteiger partial charge in [0.15, 0.2) is 9.84 Å². The number of hydrogen-bond donors (Lipinski definition) is 0. The summed E-state index contributed by atoms with van der Waals surface area (Å²) in [6.07, 6.45) is 2.53. The zero-order valence-electron chi connectivity index (χ0n) is 19.5. The first-order chi connectivity index (χ1) is 16.3. The molecule has 1 saturated carbocycles. The quantitative estimate of drug-likeness (QED) is 0.634. The van der Waals surface area contributed by atoms with Crippen LogP contribution in [-0.2, 0) is 25.8 Å². The van der Waals surface area contributed by atoms with Gasteiger partial charge in [0.1, 0.15) is 0 Å². The Morgan fingerprint density at radius 1 is 0.971 bits per heavy atom. The summed E-state index contributed by atoms with van der Waals surface area (Å²) in [5.74, 6) is 0.168. The molecule has 0 N–H and O–H groups in total. The number of benzene rings is 2. The topological polar surface area (TPSA) is 78.0 Å². The molecule has 2 aromatic rings. The first-order valence-electron chi connectivity index (χ1n) is 12.1. The Bertz CT molecular complexity index is 1190. The molecule has 2 aliphatic heterocycles. The summed E-state index contributed by atoms with van der Waals surface area (Å²) < 4.78 is 26.5. The van der Waals surface area contributed by atoms with Crippen molar-refractivity contribution in [1.82, 2.24) is 4.90 Å². The van der Waals surface area contributed by atoms with E-state index in [1.165, 1.54) is 0 Å². The average Bonchev–Trinajstić information content (AvgIpc) is 3.63. The molecule has 0 spiro atoms. The molecule has 0 bridgehead atoms. The van der Waals surface area contributed by atoms with Gasteiger partial charge in [0.05, 0.1) is 10.1 Å². The minimum atomic E-state index is -3.65. The lowest BCUT2D eigenvalue weighted by Gasteiger charge is -2.36. The summed E-state index contributed by atoms with van der Waals surface area (Å²) in [6.45, 7) is 4.87. The van der Waals surface area contributed by atoms with Gasteiger partial charge in [-0.15, -0.1) is 0 Å². The number of nitrogens with zero attached hydrogens (tertiary/aromatic N) is 3. The van der Waals surface area contributed by atoms with Crippen molar-refractivity contribution >= 4 is 33.0 Å². The van der Waals surface area contributed by atoms with Crippen molar-refractivity contribution in [3.8, 4) is 0 Å². The molecule has 2 fully saturated rings. The Kier molecular flexibility index (Phi) is 6.10. The number of hydrogen-bond acceptors (Lipinski definition) is 5. The average molecular weight is 482 g/mol. The van der Waals surface area contributed by atoms with Gasteiger partial charge in [-0.1, -0.05) is 18.2 Å². The zero-order valence-corrected chi connectivity index (χ0v) is 20.3. The fraction of sp³-hybridized carbons (Fsp3) is 0.462. The van der Waals surface area contributed by atoms with Crippen molar-refractivity contribution in [2.75, 3.05) is 42.5 Å². The van der Waals surface area contributed by atoms with Crippen LogP contribution in [0.3, 0.4) is 0 Å². The maximum Gasteiger partial charge on any atom is 0.230 e. The fourth-order valence-electron chi connectivity index (χ4n) is 4.90. The summed E-state index contributed by atoms with van der Waals surface area (Å²) in [7, 11) is -3.65. The normalized spacial score (nSPS) is 19.1. The van der Waals surface area contributed by atoms with E-state index in [0.29, 0.717) is 26.1 Å². The number of fused-ring (bicyclic) bond motifs is 1. The van der Waals surface area contributed by atoms with Crippen molar-refractivity contribution in [3.05, 3.63) is 54.1 Å². The SMILES string of the molecule is C[C@H](CC(=O)N1CCN(c2ccccc2)CC1)S(=O)(=O)c1ccc2c(c1)CCN2C(=O)C1CC1. The second-order valence-electron chi connectivity index (χ2n) is 9.57. The molecule has 0 unspecified atom stereocenters. The second-order valence-corrected chi connectivity index (χ2v) is 11.9. The van der Waals surface area contributed by atoms with Gasteiger partial charge < -0.3 is 14.7 Å². The van der Waals surface area contributed by atoms with Gasteiger partial charge >= 0.3 is 0 Å². The number of amides is 2. The highest BCUT2D eigenvalue weighted by atomic mass is 32.2. The minimum Gasteiger partial charge on any atom is -0.368 e. The van der Waals surface area contributed by atoms with Gasteiger partial charge in [-0.3, -0.25) is 9.59 Å². The number of sulfone groups is 1. The fourth-order valence-corrected chi connectivity index (χ4v) is 6.30. The van der Waals surface area contributed by atoms with Crippen LogP contribution in [0.15, 0.2) is 53.4 Å². The molecule has 3 aliphatic rings. The van der Waals surface area contributed by atoms with Gasteiger partial charge in [-0.2, -0.15) is 0 Å². The van der Waals surface area contributed by atoms with Gasteiger partial charge in [0, 0.05) is 56.4 Å². The lowest BCUT2D eigenvalue weighted by atomic mass is 10.2. The van der Waals surface area contributed by atoms with E-state index in [-0.39, 0.29) is 29.0 Å². The van der Waals surface area contributed by atoms with Gasteiger partial charge in [-0.25, -0.2) is 8.42 Å². The zero-order chi connectivity index (χ0) is 23.9. The van der Waals surface area contributed by atoms with E-state index in [1.54, 1.807) is 34.9 Å². The third kappa shape index (κ3) is 4.43. The summed E-state index contributed by atoms with van der Waals surface area (Å²) in [6, 6.07) is 15.1. The number of para-hydroxylation sites is 1. The monoisotopic (exact) mass is 481 g/mol. The molecule has 1 aliphatic carbocycles. The lowest BCUT2D eigenvalue weighted by Crippen LogP contribution is -2.49.